The number of nitrogens with zero attached hydrogens (tertiary/aromatic N) is 2. The first kappa shape index (κ1) is 27.4. The molecule has 0 unspecified atom stereocenters. The van der Waals surface area contributed by atoms with Crippen molar-refractivity contribution in [3.63, 3.8) is 0 Å². The van der Waals surface area contributed by atoms with Gasteiger partial charge < -0.3 is 25.2 Å². The van der Waals surface area contributed by atoms with Gasteiger partial charge in [-0.1, -0.05) is 11.6 Å². The second kappa shape index (κ2) is 11.9. The zero-order chi connectivity index (χ0) is 26.6. The Kier molecular flexibility index (Phi) is 8.79. The van der Waals surface area contributed by atoms with Crippen LogP contribution in [0.1, 0.15) is 37.4 Å². The number of ether oxygens (including phenoxy) is 1. The van der Waals surface area contributed by atoms with Gasteiger partial charge in [-0.2, -0.15) is 0 Å². The van der Waals surface area contributed by atoms with E-state index in [1.165, 1.54) is 6.20 Å². The van der Waals surface area contributed by atoms with Gasteiger partial charge in [0.25, 0.3) is 0 Å². The number of likely N-dealkylation sites (tertiary alicyclic amines) is 1. The van der Waals surface area contributed by atoms with Crippen LogP contribution in [-0.4, -0.2) is 60.0 Å². The van der Waals surface area contributed by atoms with E-state index in [1.807, 2.05) is 12.1 Å². The summed E-state index contributed by atoms with van der Waals surface area (Å²) in [6, 6.07) is 6.88. The first-order valence-electron chi connectivity index (χ1n) is 12.3. The number of piperidine rings is 1. The van der Waals surface area contributed by atoms with Crippen molar-refractivity contribution >= 4 is 28.2 Å². The molecule has 0 bridgehead atoms. The van der Waals surface area contributed by atoms with Gasteiger partial charge in [0.2, 0.25) is 0 Å². The van der Waals surface area contributed by atoms with Gasteiger partial charge in [0.05, 0.1) is 29.4 Å². The number of rotatable bonds is 10. The van der Waals surface area contributed by atoms with Crippen molar-refractivity contribution in [3.05, 3.63) is 64.6 Å². The monoisotopic (exact) mass is 537 g/mol. The Morgan fingerprint density at radius 1 is 1.19 bits per heavy atom. The predicted molar refractivity (Wildman–Crippen MR) is 137 cm³/mol. The Labute approximate surface area is 219 Å². The average molecular weight is 538 g/mol. The lowest BCUT2D eigenvalue weighted by molar-refractivity contribution is 0.0248. The molecule has 0 amide bonds. The molecule has 10 heteroatoms. The zero-order valence-electron chi connectivity index (χ0n) is 20.6. The highest BCUT2D eigenvalue weighted by atomic mass is 35.5. The smallest absolute Gasteiger partial charge is 0.182 e. The third kappa shape index (κ3) is 6.29. The largest absolute Gasteiger partial charge is 0.497 e. The second-order valence-electron chi connectivity index (χ2n) is 9.63. The molecular formula is C27H31ClF3N3O3. The van der Waals surface area contributed by atoms with E-state index in [4.69, 9.17) is 16.3 Å². The number of aliphatic hydroxyl groups is 2. The molecule has 2 aromatic carbocycles. The van der Waals surface area contributed by atoms with Gasteiger partial charge in [0.1, 0.15) is 11.6 Å². The van der Waals surface area contributed by atoms with E-state index >= 15 is 0 Å². The summed E-state index contributed by atoms with van der Waals surface area (Å²) in [4.78, 5) is 6.49. The Balaban J connectivity index is 1.33. The number of methoxy groups -OCH3 is 1. The van der Waals surface area contributed by atoms with E-state index < -0.39 is 23.6 Å². The van der Waals surface area contributed by atoms with Gasteiger partial charge in [-0.25, -0.2) is 13.2 Å². The number of pyridine rings is 1. The fourth-order valence-corrected chi connectivity index (χ4v) is 5.27. The normalized spacial score (nSPS) is 16.6. The maximum atomic E-state index is 13.8. The number of benzene rings is 2. The summed E-state index contributed by atoms with van der Waals surface area (Å²) >= 11 is 6.43. The highest BCUT2D eigenvalue weighted by Crippen LogP contribution is 2.40. The Hall–Kier alpha value is -2.59. The van der Waals surface area contributed by atoms with Crippen molar-refractivity contribution in [1.82, 2.24) is 9.88 Å². The average Bonchev–Trinajstić information content (AvgIpc) is 2.90. The van der Waals surface area contributed by atoms with Crippen LogP contribution in [0.3, 0.4) is 0 Å². The summed E-state index contributed by atoms with van der Waals surface area (Å²) in [5.41, 5.74) is 0.769. The molecule has 2 heterocycles. The minimum absolute atomic E-state index is 0.00175. The van der Waals surface area contributed by atoms with Crippen LogP contribution in [0, 0.1) is 22.9 Å². The summed E-state index contributed by atoms with van der Waals surface area (Å²) in [6.07, 6.45) is 3.16. The van der Waals surface area contributed by atoms with Crippen LogP contribution in [0.4, 0.5) is 18.9 Å². The summed E-state index contributed by atoms with van der Waals surface area (Å²) in [5.74, 6) is -2.52. The molecule has 200 valence electrons. The number of aliphatic hydroxyl groups excluding tert-OH is 2. The van der Waals surface area contributed by atoms with Crippen LogP contribution in [0.15, 0.2) is 36.5 Å². The topological polar surface area (TPSA) is 77.8 Å². The maximum absolute atomic E-state index is 13.8. The van der Waals surface area contributed by atoms with E-state index in [2.05, 4.69) is 15.2 Å². The fourth-order valence-electron chi connectivity index (χ4n) is 4.99. The van der Waals surface area contributed by atoms with E-state index in [1.54, 1.807) is 13.2 Å². The Morgan fingerprint density at radius 3 is 2.65 bits per heavy atom. The van der Waals surface area contributed by atoms with Gasteiger partial charge in [-0.15, -0.1) is 0 Å². The van der Waals surface area contributed by atoms with E-state index in [-0.39, 0.29) is 17.7 Å². The second-order valence-corrected chi connectivity index (χ2v) is 10.0. The summed E-state index contributed by atoms with van der Waals surface area (Å²) < 4.78 is 45.9. The molecule has 3 N–H and O–H groups in total. The number of fused-ring (bicyclic) bond motifs is 1. The fraction of sp³-hybridized carbons (Fsp3) is 0.444. The molecule has 3 aromatic rings. The van der Waals surface area contributed by atoms with Crippen LogP contribution in [0.5, 0.6) is 5.75 Å². The van der Waals surface area contributed by atoms with Crippen LogP contribution < -0.4 is 10.1 Å². The van der Waals surface area contributed by atoms with Crippen LogP contribution >= 0.6 is 11.6 Å². The highest BCUT2D eigenvalue weighted by molar-refractivity contribution is 6.32. The number of hydrogen-bond donors (Lipinski definition) is 3. The number of hydrogen-bond acceptors (Lipinski definition) is 6. The molecule has 0 spiro atoms. The van der Waals surface area contributed by atoms with Crippen molar-refractivity contribution in [3.8, 4) is 5.75 Å². The third-order valence-electron chi connectivity index (χ3n) is 7.34. The molecule has 0 aliphatic carbocycles. The van der Waals surface area contributed by atoms with E-state index in [9.17, 15) is 23.4 Å². The number of halogens is 4. The standard InChI is InChI=1S/C27H31ClF3N3O3/c1-37-18-2-3-22-19(14-18)25(20(28)15-33-22)24(36)4-5-27(16-35)6-9-34(10-7-27)11-8-32-23-13-17(29)12-21(30)26(23)31/h2-3,12-15,24,32,35-36H,4-11,16H2,1H3/t24-/m1/s1. The van der Waals surface area contributed by atoms with Gasteiger partial charge in [0.15, 0.2) is 11.6 Å². The molecule has 0 radical (unpaired) electrons. The lowest BCUT2D eigenvalue weighted by atomic mass is 9.74. The van der Waals surface area contributed by atoms with Crippen molar-refractivity contribution in [1.29, 1.82) is 0 Å². The molecule has 1 aromatic heterocycles. The minimum Gasteiger partial charge on any atom is -0.497 e. The van der Waals surface area contributed by atoms with Crippen LogP contribution in [0.2, 0.25) is 5.02 Å². The van der Waals surface area contributed by atoms with E-state index in [0.717, 1.165) is 24.3 Å². The van der Waals surface area contributed by atoms with Crippen molar-refractivity contribution in [2.75, 3.05) is 45.2 Å². The molecule has 37 heavy (non-hydrogen) atoms. The number of aromatic nitrogens is 1. The van der Waals surface area contributed by atoms with Crippen molar-refractivity contribution in [2.45, 2.75) is 31.8 Å². The molecule has 1 aliphatic rings. The number of anilines is 1. The molecule has 0 saturated carbocycles. The lowest BCUT2D eigenvalue weighted by Gasteiger charge is -2.41. The van der Waals surface area contributed by atoms with Gasteiger partial charge in [-0.3, -0.25) is 4.98 Å². The van der Waals surface area contributed by atoms with Gasteiger partial charge in [0, 0.05) is 49.0 Å². The quantitative estimate of drug-likeness (QED) is 0.304. The molecule has 1 aliphatic heterocycles. The van der Waals surface area contributed by atoms with Gasteiger partial charge in [-0.05, 0) is 62.4 Å². The van der Waals surface area contributed by atoms with Gasteiger partial charge >= 0.3 is 0 Å². The first-order valence-corrected chi connectivity index (χ1v) is 12.6. The summed E-state index contributed by atoms with van der Waals surface area (Å²) in [5, 5.41) is 25.2. The van der Waals surface area contributed by atoms with Crippen LogP contribution in [-0.2, 0) is 0 Å². The van der Waals surface area contributed by atoms with Crippen molar-refractivity contribution < 1.29 is 28.1 Å². The lowest BCUT2D eigenvalue weighted by Crippen LogP contribution is -2.43. The minimum atomic E-state index is -1.23. The SMILES string of the molecule is COc1ccc2ncc(Cl)c([C@H](O)CCC3(CO)CCN(CCNc4cc(F)cc(F)c4F)CC3)c2c1. The zero-order valence-corrected chi connectivity index (χ0v) is 21.4. The Morgan fingerprint density at radius 2 is 1.95 bits per heavy atom. The predicted octanol–water partition coefficient (Wildman–Crippen LogP) is 5.31. The van der Waals surface area contributed by atoms with Crippen molar-refractivity contribution in [2.24, 2.45) is 5.41 Å². The number of nitrogens with one attached hydrogen (secondary N) is 1. The molecule has 1 atom stereocenters. The van der Waals surface area contributed by atoms with Crippen LogP contribution in [0.25, 0.3) is 10.9 Å². The maximum Gasteiger partial charge on any atom is 0.182 e. The molecule has 6 nitrogen and oxygen atoms in total. The highest BCUT2D eigenvalue weighted by Gasteiger charge is 2.34. The van der Waals surface area contributed by atoms with E-state index in [0.29, 0.717) is 66.9 Å². The molecule has 4 rings (SSSR count). The summed E-state index contributed by atoms with van der Waals surface area (Å²) in [6.45, 7) is 2.28. The molecule has 1 fully saturated rings. The molecule has 1 saturated heterocycles. The Bertz CT molecular complexity index is 1240. The first-order chi connectivity index (χ1) is 17.7. The third-order valence-corrected chi connectivity index (χ3v) is 7.64. The summed E-state index contributed by atoms with van der Waals surface area (Å²) in [7, 11) is 1.57. The molecular weight excluding hydrogens is 507 g/mol.